The monoisotopic (exact) mass is 252 g/mol. The van der Waals surface area contributed by atoms with Crippen LogP contribution in [-0.4, -0.2) is 18.4 Å². The van der Waals surface area contributed by atoms with Crippen LogP contribution >= 0.6 is 0 Å². The highest BCUT2D eigenvalue weighted by atomic mass is 16.1. The Bertz CT molecular complexity index is 555. The van der Waals surface area contributed by atoms with Gasteiger partial charge in [-0.15, -0.1) is 0 Å². The van der Waals surface area contributed by atoms with E-state index in [1.807, 2.05) is 48.5 Å². The fraction of sp³-hybridized carbons (Fsp3) is 0.188. The lowest BCUT2D eigenvalue weighted by Crippen LogP contribution is -2.32. The molecule has 1 aliphatic heterocycles. The molecule has 0 fully saturated rings. The number of anilines is 2. The van der Waals surface area contributed by atoms with Gasteiger partial charge in [0, 0.05) is 17.8 Å². The molecule has 0 spiro atoms. The molecule has 0 saturated heterocycles. The van der Waals surface area contributed by atoms with Gasteiger partial charge in [-0.1, -0.05) is 36.4 Å². The largest absolute Gasteiger partial charge is 0.378 e. The van der Waals surface area contributed by atoms with Crippen LogP contribution in [0.4, 0.5) is 11.4 Å². The number of carbonyl (C=O) groups is 1. The zero-order valence-electron chi connectivity index (χ0n) is 10.6. The molecule has 0 aromatic heterocycles. The van der Waals surface area contributed by atoms with Crippen molar-refractivity contribution < 1.29 is 4.79 Å². The summed E-state index contributed by atoms with van der Waals surface area (Å²) in [6, 6.07) is 17.8. The Morgan fingerprint density at radius 3 is 2.63 bits per heavy atom. The number of hydrogen-bond donors (Lipinski definition) is 2. The molecule has 3 nitrogen and oxygen atoms in total. The predicted molar refractivity (Wildman–Crippen MR) is 77.5 cm³/mol. The number of nitrogens with one attached hydrogen (secondary N) is 2. The van der Waals surface area contributed by atoms with Crippen molar-refractivity contribution in [2.24, 2.45) is 0 Å². The maximum Gasteiger partial charge on any atom is 0.174 e. The summed E-state index contributed by atoms with van der Waals surface area (Å²) in [6.45, 7) is 0.357. The first-order chi connectivity index (χ1) is 9.33. The fourth-order valence-corrected chi connectivity index (χ4v) is 2.36. The third kappa shape index (κ3) is 2.60. The summed E-state index contributed by atoms with van der Waals surface area (Å²) in [7, 11) is 0. The molecule has 0 aliphatic carbocycles. The van der Waals surface area contributed by atoms with Gasteiger partial charge in [-0.2, -0.15) is 0 Å². The summed E-state index contributed by atoms with van der Waals surface area (Å²) < 4.78 is 0. The summed E-state index contributed by atoms with van der Waals surface area (Å²) in [4.78, 5) is 12.2. The van der Waals surface area contributed by atoms with Gasteiger partial charge in [-0.3, -0.25) is 4.79 Å². The van der Waals surface area contributed by atoms with Crippen LogP contribution in [-0.2, 0) is 11.2 Å². The van der Waals surface area contributed by atoms with Crippen molar-refractivity contribution in [1.82, 2.24) is 0 Å². The Labute approximate surface area is 112 Å². The molecule has 3 rings (SSSR count). The molecule has 3 heteroatoms. The number of para-hydroxylation sites is 2. The molecule has 0 saturated carbocycles. The molecule has 2 aromatic rings. The smallest absolute Gasteiger partial charge is 0.174 e. The highest BCUT2D eigenvalue weighted by molar-refractivity contribution is 5.92. The number of benzene rings is 2. The molecule has 2 aromatic carbocycles. The van der Waals surface area contributed by atoms with Crippen molar-refractivity contribution in [3.8, 4) is 0 Å². The van der Waals surface area contributed by atoms with E-state index in [-0.39, 0.29) is 11.8 Å². The molecular weight excluding hydrogens is 236 g/mol. The zero-order chi connectivity index (χ0) is 13.1. The van der Waals surface area contributed by atoms with Gasteiger partial charge < -0.3 is 10.6 Å². The van der Waals surface area contributed by atoms with E-state index in [4.69, 9.17) is 0 Å². The normalized spacial score (nSPS) is 16.5. The summed E-state index contributed by atoms with van der Waals surface area (Å²) >= 11 is 0. The Hall–Kier alpha value is -2.29. The van der Waals surface area contributed by atoms with Crippen molar-refractivity contribution in [1.29, 1.82) is 0 Å². The number of hydrogen-bond acceptors (Lipinski definition) is 3. The quantitative estimate of drug-likeness (QED) is 0.879. The molecule has 1 atom stereocenters. The van der Waals surface area contributed by atoms with Gasteiger partial charge >= 0.3 is 0 Å². The van der Waals surface area contributed by atoms with Crippen molar-refractivity contribution in [2.75, 3.05) is 17.2 Å². The Morgan fingerprint density at radius 2 is 1.84 bits per heavy atom. The van der Waals surface area contributed by atoms with Crippen molar-refractivity contribution in [3.05, 3.63) is 60.2 Å². The van der Waals surface area contributed by atoms with Crippen molar-refractivity contribution in [2.45, 2.75) is 12.5 Å². The third-order valence-corrected chi connectivity index (χ3v) is 3.40. The lowest BCUT2D eigenvalue weighted by atomic mass is 10.1. The first kappa shape index (κ1) is 11.8. The minimum Gasteiger partial charge on any atom is -0.378 e. The minimum atomic E-state index is -0.103. The van der Waals surface area contributed by atoms with Gasteiger partial charge in [0.05, 0.1) is 12.6 Å². The van der Waals surface area contributed by atoms with Gasteiger partial charge in [0.1, 0.15) is 0 Å². The number of ketones is 1. The molecule has 96 valence electrons. The van der Waals surface area contributed by atoms with Crippen LogP contribution in [0.15, 0.2) is 54.6 Å². The van der Waals surface area contributed by atoms with Crippen LogP contribution in [0.3, 0.4) is 0 Å². The predicted octanol–water partition coefficient (Wildman–Crippen LogP) is 2.70. The highest BCUT2D eigenvalue weighted by Gasteiger charge is 2.25. The van der Waals surface area contributed by atoms with E-state index in [0.29, 0.717) is 6.54 Å². The summed E-state index contributed by atoms with van der Waals surface area (Å²) in [5.74, 6) is 0.194. The SMILES string of the molecule is O=C(CNc1ccccc1)[C@@H]1Cc2ccccc2N1. The van der Waals surface area contributed by atoms with E-state index in [1.165, 1.54) is 5.56 Å². The van der Waals surface area contributed by atoms with E-state index in [9.17, 15) is 4.79 Å². The lowest BCUT2D eigenvalue weighted by Gasteiger charge is -2.11. The second-order valence-corrected chi connectivity index (χ2v) is 4.74. The van der Waals surface area contributed by atoms with Gasteiger partial charge in [0.2, 0.25) is 0 Å². The Kier molecular flexibility index (Phi) is 3.19. The first-order valence-corrected chi connectivity index (χ1v) is 6.49. The van der Waals surface area contributed by atoms with E-state index in [0.717, 1.165) is 17.8 Å². The third-order valence-electron chi connectivity index (χ3n) is 3.40. The van der Waals surface area contributed by atoms with Crippen LogP contribution < -0.4 is 10.6 Å². The zero-order valence-corrected chi connectivity index (χ0v) is 10.6. The Balaban J connectivity index is 1.58. The van der Waals surface area contributed by atoms with Gasteiger partial charge in [-0.05, 0) is 23.8 Å². The molecule has 1 heterocycles. The molecule has 19 heavy (non-hydrogen) atoms. The molecule has 1 aliphatic rings. The van der Waals surface area contributed by atoms with Crippen molar-refractivity contribution in [3.63, 3.8) is 0 Å². The molecule has 0 amide bonds. The van der Waals surface area contributed by atoms with E-state index < -0.39 is 0 Å². The van der Waals surface area contributed by atoms with Crippen LogP contribution in [0.1, 0.15) is 5.56 Å². The number of carbonyl (C=O) groups excluding carboxylic acids is 1. The van der Waals surface area contributed by atoms with Crippen LogP contribution in [0, 0.1) is 0 Å². The second-order valence-electron chi connectivity index (χ2n) is 4.74. The summed E-state index contributed by atoms with van der Waals surface area (Å²) in [5, 5.41) is 6.44. The standard InChI is InChI=1S/C16H16N2O/c19-16(11-17-13-7-2-1-3-8-13)15-10-12-6-4-5-9-14(12)18-15/h1-9,15,17-18H,10-11H2/t15-/m0/s1. The van der Waals surface area contributed by atoms with Gasteiger partial charge in [-0.25, -0.2) is 0 Å². The maximum atomic E-state index is 12.2. The maximum absolute atomic E-state index is 12.2. The van der Waals surface area contributed by atoms with E-state index >= 15 is 0 Å². The highest BCUT2D eigenvalue weighted by Crippen LogP contribution is 2.25. The number of rotatable bonds is 4. The Morgan fingerprint density at radius 1 is 1.11 bits per heavy atom. The molecule has 0 unspecified atom stereocenters. The molecular formula is C16H16N2O. The van der Waals surface area contributed by atoms with Crippen LogP contribution in [0.2, 0.25) is 0 Å². The fourth-order valence-electron chi connectivity index (χ4n) is 2.36. The summed E-state index contributed by atoms with van der Waals surface area (Å²) in [5.41, 5.74) is 3.28. The molecule has 0 bridgehead atoms. The van der Waals surface area contributed by atoms with Crippen LogP contribution in [0.5, 0.6) is 0 Å². The topological polar surface area (TPSA) is 41.1 Å². The van der Waals surface area contributed by atoms with Gasteiger partial charge in [0.25, 0.3) is 0 Å². The average molecular weight is 252 g/mol. The second kappa shape index (κ2) is 5.14. The molecule has 0 radical (unpaired) electrons. The number of Topliss-reactive ketones (excluding diaryl/α,β-unsaturated/α-hetero) is 1. The molecule has 2 N–H and O–H groups in total. The van der Waals surface area contributed by atoms with E-state index in [2.05, 4.69) is 16.7 Å². The lowest BCUT2D eigenvalue weighted by molar-refractivity contribution is -0.118. The summed E-state index contributed by atoms with van der Waals surface area (Å²) in [6.07, 6.45) is 0.783. The van der Waals surface area contributed by atoms with Crippen molar-refractivity contribution >= 4 is 17.2 Å². The average Bonchev–Trinajstić information content (AvgIpc) is 2.90. The van der Waals surface area contributed by atoms with Crippen LogP contribution in [0.25, 0.3) is 0 Å². The van der Waals surface area contributed by atoms with E-state index in [1.54, 1.807) is 0 Å². The number of fused-ring (bicyclic) bond motifs is 1. The van der Waals surface area contributed by atoms with Gasteiger partial charge in [0.15, 0.2) is 5.78 Å². The first-order valence-electron chi connectivity index (χ1n) is 6.49. The minimum absolute atomic E-state index is 0.103.